The van der Waals surface area contributed by atoms with Crippen molar-refractivity contribution < 1.29 is 23.1 Å². The summed E-state index contributed by atoms with van der Waals surface area (Å²) < 4.78 is 25.8. The summed E-state index contributed by atoms with van der Waals surface area (Å²) in [5, 5.41) is 11.1. The first-order valence-corrected chi connectivity index (χ1v) is 12.0. The van der Waals surface area contributed by atoms with Gasteiger partial charge in [0, 0.05) is 26.2 Å². The summed E-state index contributed by atoms with van der Waals surface area (Å²) in [6.45, 7) is 1.10. The molecule has 9 heteroatoms. The van der Waals surface area contributed by atoms with Gasteiger partial charge in [-0.2, -0.15) is 0 Å². The predicted molar refractivity (Wildman–Crippen MR) is 126 cm³/mol. The number of aliphatic hydroxyl groups is 1. The number of aliphatic hydroxyl groups excluding tert-OH is 1. The van der Waals surface area contributed by atoms with E-state index in [4.69, 9.17) is 0 Å². The number of amides is 1. The van der Waals surface area contributed by atoms with Gasteiger partial charge in [0.2, 0.25) is 10.0 Å². The van der Waals surface area contributed by atoms with Crippen LogP contribution in [-0.2, 0) is 19.6 Å². The average molecular weight is 472 g/mol. The Kier molecular flexibility index (Phi) is 7.36. The molecule has 1 heterocycles. The van der Waals surface area contributed by atoms with E-state index in [1.807, 2.05) is 49.3 Å². The van der Waals surface area contributed by atoms with Crippen LogP contribution >= 0.6 is 0 Å². The lowest BCUT2D eigenvalue weighted by Gasteiger charge is -2.26. The van der Waals surface area contributed by atoms with Gasteiger partial charge in [-0.3, -0.25) is 9.59 Å². The lowest BCUT2D eigenvalue weighted by atomic mass is 9.95. The molecule has 3 rings (SSSR count). The van der Waals surface area contributed by atoms with Crippen molar-refractivity contribution in [2.75, 3.05) is 41.3 Å². The van der Waals surface area contributed by atoms with E-state index in [1.54, 1.807) is 0 Å². The summed E-state index contributed by atoms with van der Waals surface area (Å²) in [4.78, 5) is 29.5. The molecule has 1 N–H and O–H groups in total. The molecule has 1 saturated heterocycles. The maximum atomic E-state index is 13.0. The number of nitrogens with zero attached hydrogens (tertiary/aromatic N) is 3. The lowest BCUT2D eigenvalue weighted by Crippen LogP contribution is -2.32. The first kappa shape index (κ1) is 24.6. The molecule has 1 aliphatic heterocycles. The van der Waals surface area contributed by atoms with Gasteiger partial charge in [0.15, 0.2) is 0 Å². The highest BCUT2D eigenvalue weighted by Gasteiger charge is 2.45. The van der Waals surface area contributed by atoms with E-state index < -0.39 is 27.8 Å². The minimum absolute atomic E-state index is 0.000676. The Morgan fingerprint density at radius 2 is 1.58 bits per heavy atom. The number of rotatable bonds is 8. The van der Waals surface area contributed by atoms with Gasteiger partial charge < -0.3 is 14.9 Å². The van der Waals surface area contributed by atoms with Crippen LogP contribution in [-0.4, -0.2) is 80.6 Å². The molecule has 2 aromatic carbocycles. The Balaban J connectivity index is 2.06. The summed E-state index contributed by atoms with van der Waals surface area (Å²) in [6, 6.07) is 14.0. The Hall–Kier alpha value is -3.01. The molecule has 0 bridgehead atoms. The van der Waals surface area contributed by atoms with Crippen LogP contribution in [0.4, 0.5) is 0 Å². The molecule has 0 saturated carbocycles. The lowest BCUT2D eigenvalue weighted by molar-refractivity contribution is -0.139. The summed E-state index contributed by atoms with van der Waals surface area (Å²) >= 11 is 0. The predicted octanol–water partition coefficient (Wildman–Crippen LogP) is 2.31. The molecule has 1 atom stereocenters. The zero-order valence-corrected chi connectivity index (χ0v) is 20.0. The molecule has 1 aliphatic rings. The minimum atomic E-state index is -3.64. The highest BCUT2D eigenvalue weighted by atomic mass is 32.2. The standard InChI is InChI=1S/C24H29N3O5S/c1-25(2)15-8-16-27-21(17-9-6-5-7-10-17)20(23(29)24(27)30)22(28)18-11-13-19(14-12-18)33(31,32)26(3)4/h5-7,9-14,21,28H,8,15-16H2,1-4H3/b22-20+/t21-/m0/s1. The summed E-state index contributed by atoms with van der Waals surface area (Å²) in [5.41, 5.74) is 0.981. The average Bonchev–Trinajstić information content (AvgIpc) is 3.04. The van der Waals surface area contributed by atoms with Crippen molar-refractivity contribution in [1.82, 2.24) is 14.1 Å². The third-order valence-electron chi connectivity index (χ3n) is 5.57. The molecule has 0 spiro atoms. The molecule has 176 valence electrons. The molecular formula is C24H29N3O5S. The Morgan fingerprint density at radius 3 is 2.12 bits per heavy atom. The van der Waals surface area contributed by atoms with Gasteiger partial charge in [0.05, 0.1) is 16.5 Å². The van der Waals surface area contributed by atoms with Crippen LogP contribution < -0.4 is 0 Å². The summed E-state index contributed by atoms with van der Waals surface area (Å²) in [6.07, 6.45) is 0.667. The van der Waals surface area contributed by atoms with Crippen LogP contribution in [0, 0.1) is 0 Å². The van der Waals surface area contributed by atoms with E-state index in [0.717, 1.165) is 16.4 Å². The van der Waals surface area contributed by atoms with E-state index in [2.05, 4.69) is 0 Å². The van der Waals surface area contributed by atoms with Crippen molar-refractivity contribution in [3.8, 4) is 0 Å². The molecule has 0 aliphatic carbocycles. The third kappa shape index (κ3) is 5.00. The van der Waals surface area contributed by atoms with Gasteiger partial charge in [-0.25, -0.2) is 12.7 Å². The van der Waals surface area contributed by atoms with Gasteiger partial charge in [-0.05, 0) is 56.9 Å². The van der Waals surface area contributed by atoms with Crippen LogP contribution in [0.5, 0.6) is 0 Å². The van der Waals surface area contributed by atoms with Crippen molar-refractivity contribution in [1.29, 1.82) is 0 Å². The Bertz CT molecular complexity index is 1160. The maximum absolute atomic E-state index is 13.0. The molecule has 0 aromatic heterocycles. The molecule has 1 fully saturated rings. The van der Waals surface area contributed by atoms with Crippen LogP contribution in [0.2, 0.25) is 0 Å². The van der Waals surface area contributed by atoms with Gasteiger partial charge in [-0.15, -0.1) is 0 Å². The highest BCUT2D eigenvalue weighted by molar-refractivity contribution is 7.89. The normalized spacial score (nSPS) is 18.5. The molecule has 1 amide bonds. The first-order chi connectivity index (χ1) is 15.6. The Labute approximate surface area is 194 Å². The van der Waals surface area contributed by atoms with E-state index in [1.165, 1.54) is 43.3 Å². The van der Waals surface area contributed by atoms with Crippen LogP contribution in [0.1, 0.15) is 23.6 Å². The molecule has 0 radical (unpaired) electrons. The van der Waals surface area contributed by atoms with Gasteiger partial charge >= 0.3 is 0 Å². The van der Waals surface area contributed by atoms with Gasteiger partial charge in [0.1, 0.15) is 5.76 Å². The number of benzene rings is 2. The molecule has 2 aromatic rings. The number of hydrogen-bond donors (Lipinski definition) is 1. The topological polar surface area (TPSA) is 98.2 Å². The second-order valence-electron chi connectivity index (χ2n) is 8.37. The van der Waals surface area contributed by atoms with E-state index >= 15 is 0 Å². The number of carbonyl (C=O) groups excluding carboxylic acids is 2. The number of likely N-dealkylation sites (tertiary alicyclic amines) is 1. The largest absolute Gasteiger partial charge is 0.507 e. The SMILES string of the molecule is CN(C)CCCN1C(=O)C(=O)/C(=C(/O)c2ccc(S(=O)(=O)N(C)C)cc2)[C@@H]1c1ccccc1. The van der Waals surface area contributed by atoms with Gasteiger partial charge in [0.25, 0.3) is 11.7 Å². The molecule has 0 unspecified atom stereocenters. The summed E-state index contributed by atoms with van der Waals surface area (Å²) in [7, 11) is 3.09. The maximum Gasteiger partial charge on any atom is 0.295 e. The number of Topliss-reactive ketones (excluding diaryl/α,β-unsaturated/α-hetero) is 1. The van der Waals surface area contributed by atoms with Crippen molar-refractivity contribution >= 4 is 27.5 Å². The highest BCUT2D eigenvalue weighted by Crippen LogP contribution is 2.39. The zero-order valence-electron chi connectivity index (χ0n) is 19.2. The summed E-state index contributed by atoms with van der Waals surface area (Å²) in [5.74, 6) is -1.74. The molecule has 33 heavy (non-hydrogen) atoms. The second kappa shape index (κ2) is 9.86. The van der Waals surface area contributed by atoms with E-state index in [-0.39, 0.29) is 21.8 Å². The fourth-order valence-corrected chi connectivity index (χ4v) is 4.70. The van der Waals surface area contributed by atoms with Gasteiger partial charge in [-0.1, -0.05) is 30.3 Å². The monoisotopic (exact) mass is 471 g/mol. The fourth-order valence-electron chi connectivity index (χ4n) is 3.80. The van der Waals surface area contributed by atoms with Crippen LogP contribution in [0.15, 0.2) is 65.1 Å². The smallest absolute Gasteiger partial charge is 0.295 e. The van der Waals surface area contributed by atoms with Crippen LogP contribution in [0.25, 0.3) is 5.76 Å². The quantitative estimate of drug-likeness (QED) is 0.360. The molecular weight excluding hydrogens is 442 g/mol. The second-order valence-corrected chi connectivity index (χ2v) is 10.5. The fraction of sp³-hybridized carbons (Fsp3) is 0.333. The van der Waals surface area contributed by atoms with E-state index in [0.29, 0.717) is 13.0 Å². The van der Waals surface area contributed by atoms with Crippen molar-refractivity contribution in [3.05, 3.63) is 71.3 Å². The Morgan fingerprint density at radius 1 is 0.970 bits per heavy atom. The van der Waals surface area contributed by atoms with Crippen molar-refractivity contribution in [2.24, 2.45) is 0 Å². The van der Waals surface area contributed by atoms with Crippen molar-refractivity contribution in [3.63, 3.8) is 0 Å². The van der Waals surface area contributed by atoms with Crippen LogP contribution in [0.3, 0.4) is 0 Å². The number of carbonyl (C=O) groups is 2. The van der Waals surface area contributed by atoms with Crippen molar-refractivity contribution in [2.45, 2.75) is 17.4 Å². The number of hydrogen-bond acceptors (Lipinski definition) is 6. The first-order valence-electron chi connectivity index (χ1n) is 10.6. The molecule has 8 nitrogen and oxygen atoms in total. The minimum Gasteiger partial charge on any atom is -0.507 e. The zero-order chi connectivity index (χ0) is 24.3. The third-order valence-corrected chi connectivity index (χ3v) is 7.40. The number of sulfonamides is 1. The number of ketones is 1. The van der Waals surface area contributed by atoms with E-state index in [9.17, 15) is 23.1 Å².